The molecule has 1 aliphatic rings. The Kier molecular flexibility index (Phi) is 2.60. The van der Waals surface area contributed by atoms with Crippen LogP contribution in [-0.4, -0.2) is 19.8 Å². The van der Waals surface area contributed by atoms with Crippen molar-refractivity contribution >= 4 is 10.8 Å². The number of fused-ring (bicyclic) bond motifs is 1. The fraction of sp³-hybridized carbons (Fsp3) is 0.286. The zero-order chi connectivity index (χ0) is 10.8. The van der Waals surface area contributed by atoms with Crippen molar-refractivity contribution in [1.29, 1.82) is 0 Å². The Balaban J connectivity index is 2.08. The van der Waals surface area contributed by atoms with E-state index in [1.165, 1.54) is 16.3 Å². The van der Waals surface area contributed by atoms with Crippen molar-refractivity contribution in [3.05, 3.63) is 48.0 Å². The van der Waals surface area contributed by atoms with Gasteiger partial charge >= 0.3 is 0 Å². The lowest BCUT2D eigenvalue weighted by Crippen LogP contribution is -2.34. The van der Waals surface area contributed by atoms with E-state index >= 15 is 0 Å². The minimum Gasteiger partial charge on any atom is -0.378 e. The molecule has 1 heterocycles. The molecule has 1 saturated heterocycles. The molecule has 0 unspecified atom stereocenters. The maximum Gasteiger partial charge on any atom is 0.0662 e. The van der Waals surface area contributed by atoms with E-state index in [0.717, 1.165) is 19.8 Å². The first-order valence-electron chi connectivity index (χ1n) is 5.74. The smallest absolute Gasteiger partial charge is 0.0662 e. The van der Waals surface area contributed by atoms with Crippen LogP contribution in [0.15, 0.2) is 42.5 Å². The normalized spacial score (nSPS) is 21.1. The SMILES string of the molecule is c1ccc2c([C@H]3COCCN3)cccc2c1. The quantitative estimate of drug-likeness (QED) is 0.786. The molecule has 2 nitrogen and oxygen atoms in total. The molecule has 0 radical (unpaired) electrons. The summed E-state index contributed by atoms with van der Waals surface area (Å²) in [6.07, 6.45) is 0. The zero-order valence-electron chi connectivity index (χ0n) is 9.15. The number of morpholine rings is 1. The van der Waals surface area contributed by atoms with Crippen LogP contribution in [0.5, 0.6) is 0 Å². The lowest BCUT2D eigenvalue weighted by atomic mass is 9.99. The summed E-state index contributed by atoms with van der Waals surface area (Å²) in [5.41, 5.74) is 1.35. The number of ether oxygens (including phenoxy) is 1. The van der Waals surface area contributed by atoms with Gasteiger partial charge in [-0.3, -0.25) is 0 Å². The highest BCUT2D eigenvalue weighted by Crippen LogP contribution is 2.25. The lowest BCUT2D eigenvalue weighted by molar-refractivity contribution is 0.0773. The molecule has 2 heteroatoms. The van der Waals surface area contributed by atoms with Gasteiger partial charge in [-0.25, -0.2) is 0 Å². The Morgan fingerprint density at radius 1 is 1.06 bits per heavy atom. The Hall–Kier alpha value is -1.38. The number of hydrogen-bond acceptors (Lipinski definition) is 2. The van der Waals surface area contributed by atoms with Gasteiger partial charge in [-0.2, -0.15) is 0 Å². The van der Waals surface area contributed by atoms with Crippen LogP contribution in [0.2, 0.25) is 0 Å². The van der Waals surface area contributed by atoms with E-state index in [1.54, 1.807) is 0 Å². The number of rotatable bonds is 1. The van der Waals surface area contributed by atoms with E-state index in [1.807, 2.05) is 0 Å². The van der Waals surface area contributed by atoms with Gasteiger partial charge < -0.3 is 10.1 Å². The van der Waals surface area contributed by atoms with Gasteiger partial charge in [0.25, 0.3) is 0 Å². The summed E-state index contributed by atoms with van der Waals surface area (Å²) in [7, 11) is 0. The minimum absolute atomic E-state index is 0.333. The standard InChI is InChI=1S/C14H15NO/c1-2-6-12-11(4-1)5-3-7-13(12)14-10-16-9-8-15-14/h1-7,14-15H,8-10H2/t14-/m1/s1. The molecule has 0 aliphatic carbocycles. The fourth-order valence-corrected chi connectivity index (χ4v) is 2.32. The lowest BCUT2D eigenvalue weighted by Gasteiger charge is -2.25. The highest BCUT2D eigenvalue weighted by Gasteiger charge is 2.16. The van der Waals surface area contributed by atoms with Crippen molar-refractivity contribution in [1.82, 2.24) is 5.32 Å². The molecule has 16 heavy (non-hydrogen) atoms. The molecule has 1 fully saturated rings. The van der Waals surface area contributed by atoms with Crippen molar-refractivity contribution in [3.8, 4) is 0 Å². The second-order valence-corrected chi connectivity index (χ2v) is 4.15. The first kappa shape index (κ1) is 9.82. The molecule has 2 aromatic rings. The van der Waals surface area contributed by atoms with Crippen LogP contribution in [-0.2, 0) is 4.74 Å². The van der Waals surface area contributed by atoms with Crippen molar-refractivity contribution in [2.45, 2.75) is 6.04 Å². The first-order chi connectivity index (χ1) is 7.95. The number of nitrogens with one attached hydrogen (secondary N) is 1. The third-order valence-corrected chi connectivity index (χ3v) is 3.12. The molecule has 2 aromatic carbocycles. The molecule has 3 rings (SSSR count). The summed E-state index contributed by atoms with van der Waals surface area (Å²) < 4.78 is 5.52. The summed E-state index contributed by atoms with van der Waals surface area (Å²) in [6.45, 7) is 2.53. The Morgan fingerprint density at radius 3 is 2.81 bits per heavy atom. The average molecular weight is 213 g/mol. The molecule has 1 atom stereocenters. The van der Waals surface area contributed by atoms with Gasteiger partial charge in [0.15, 0.2) is 0 Å². The van der Waals surface area contributed by atoms with Gasteiger partial charge in [0, 0.05) is 6.54 Å². The fourth-order valence-electron chi connectivity index (χ4n) is 2.32. The predicted octanol–water partition coefficient (Wildman–Crippen LogP) is 2.50. The summed E-state index contributed by atoms with van der Waals surface area (Å²) >= 11 is 0. The Morgan fingerprint density at radius 2 is 1.94 bits per heavy atom. The van der Waals surface area contributed by atoms with E-state index in [9.17, 15) is 0 Å². The third kappa shape index (κ3) is 1.70. The summed E-state index contributed by atoms with van der Waals surface area (Å²) in [5.74, 6) is 0. The van der Waals surface area contributed by atoms with Crippen LogP contribution in [0.1, 0.15) is 11.6 Å². The van der Waals surface area contributed by atoms with Crippen molar-refractivity contribution < 1.29 is 4.74 Å². The molecule has 0 saturated carbocycles. The first-order valence-corrected chi connectivity index (χ1v) is 5.74. The molecular formula is C14H15NO. The van der Waals surface area contributed by atoms with E-state index in [2.05, 4.69) is 47.8 Å². The highest BCUT2D eigenvalue weighted by atomic mass is 16.5. The topological polar surface area (TPSA) is 21.3 Å². The maximum atomic E-state index is 5.52. The largest absolute Gasteiger partial charge is 0.378 e. The second kappa shape index (κ2) is 4.24. The Bertz CT molecular complexity index is 484. The monoisotopic (exact) mass is 213 g/mol. The van der Waals surface area contributed by atoms with E-state index in [4.69, 9.17) is 4.74 Å². The van der Waals surface area contributed by atoms with Crippen molar-refractivity contribution in [2.75, 3.05) is 19.8 Å². The molecule has 82 valence electrons. The van der Waals surface area contributed by atoms with Gasteiger partial charge in [0.05, 0.1) is 19.3 Å². The van der Waals surface area contributed by atoms with Crippen LogP contribution < -0.4 is 5.32 Å². The van der Waals surface area contributed by atoms with Crippen LogP contribution in [0.4, 0.5) is 0 Å². The average Bonchev–Trinajstić information content (AvgIpc) is 2.39. The molecule has 0 amide bonds. The highest BCUT2D eigenvalue weighted by molar-refractivity contribution is 5.86. The van der Waals surface area contributed by atoms with Gasteiger partial charge in [-0.05, 0) is 16.3 Å². The molecule has 0 bridgehead atoms. The molecule has 1 N–H and O–H groups in total. The van der Waals surface area contributed by atoms with E-state index in [0.29, 0.717) is 6.04 Å². The van der Waals surface area contributed by atoms with Crippen LogP contribution in [0.25, 0.3) is 10.8 Å². The van der Waals surface area contributed by atoms with Gasteiger partial charge in [0.2, 0.25) is 0 Å². The maximum absolute atomic E-state index is 5.52. The number of benzene rings is 2. The predicted molar refractivity (Wildman–Crippen MR) is 65.5 cm³/mol. The summed E-state index contributed by atoms with van der Waals surface area (Å²) in [5, 5.41) is 6.13. The van der Waals surface area contributed by atoms with Crippen LogP contribution in [0, 0.1) is 0 Å². The molecule has 1 aliphatic heterocycles. The van der Waals surface area contributed by atoms with Crippen molar-refractivity contribution in [3.63, 3.8) is 0 Å². The molecular weight excluding hydrogens is 198 g/mol. The van der Waals surface area contributed by atoms with Crippen LogP contribution in [0.3, 0.4) is 0 Å². The van der Waals surface area contributed by atoms with Crippen LogP contribution >= 0.6 is 0 Å². The molecule has 0 aromatic heterocycles. The van der Waals surface area contributed by atoms with Gasteiger partial charge in [0.1, 0.15) is 0 Å². The summed E-state index contributed by atoms with van der Waals surface area (Å²) in [6, 6.07) is 15.3. The van der Waals surface area contributed by atoms with E-state index < -0.39 is 0 Å². The second-order valence-electron chi connectivity index (χ2n) is 4.15. The minimum atomic E-state index is 0.333. The number of hydrogen-bond donors (Lipinski definition) is 1. The van der Waals surface area contributed by atoms with Crippen molar-refractivity contribution in [2.24, 2.45) is 0 Å². The Labute approximate surface area is 95.2 Å². The van der Waals surface area contributed by atoms with E-state index in [-0.39, 0.29) is 0 Å². The van der Waals surface area contributed by atoms with Gasteiger partial charge in [-0.15, -0.1) is 0 Å². The molecule has 0 spiro atoms. The third-order valence-electron chi connectivity index (χ3n) is 3.12. The summed E-state index contributed by atoms with van der Waals surface area (Å²) in [4.78, 5) is 0. The van der Waals surface area contributed by atoms with Gasteiger partial charge in [-0.1, -0.05) is 42.5 Å². The zero-order valence-corrected chi connectivity index (χ0v) is 9.15.